The van der Waals surface area contributed by atoms with Gasteiger partial charge in [0.2, 0.25) is 0 Å². The standard InChI is InChI=1S/C13H12ClFN2O2S/c14-12-7-10(15)4-5-13(12)17-20(18,19)11-3-1-2-9(6-11)8-16/h1-7,17H,8,16H2. The molecule has 2 aromatic carbocycles. The van der Waals surface area contributed by atoms with Crippen LogP contribution in [-0.2, 0) is 16.6 Å². The Hall–Kier alpha value is -1.63. The van der Waals surface area contributed by atoms with Crippen molar-refractivity contribution in [3.8, 4) is 0 Å². The van der Waals surface area contributed by atoms with Crippen LogP contribution in [0, 0.1) is 5.82 Å². The number of halogens is 2. The Kier molecular flexibility index (Phi) is 4.27. The van der Waals surface area contributed by atoms with Crippen LogP contribution >= 0.6 is 11.6 Å². The Morgan fingerprint density at radius 1 is 1.20 bits per heavy atom. The predicted octanol–water partition coefficient (Wildman–Crippen LogP) is 2.74. The Bertz CT molecular complexity index is 735. The minimum Gasteiger partial charge on any atom is -0.326 e. The molecule has 0 fully saturated rings. The van der Waals surface area contributed by atoms with E-state index in [0.717, 1.165) is 12.1 Å². The molecular formula is C13H12ClFN2O2S. The first-order chi connectivity index (χ1) is 9.42. The normalized spacial score (nSPS) is 11.3. The molecule has 0 atom stereocenters. The number of nitrogens with two attached hydrogens (primary N) is 1. The van der Waals surface area contributed by atoms with E-state index >= 15 is 0 Å². The predicted molar refractivity (Wildman–Crippen MR) is 76.6 cm³/mol. The van der Waals surface area contributed by atoms with Gasteiger partial charge in [0.25, 0.3) is 10.0 Å². The van der Waals surface area contributed by atoms with E-state index in [1.54, 1.807) is 12.1 Å². The fraction of sp³-hybridized carbons (Fsp3) is 0.0769. The first-order valence-corrected chi connectivity index (χ1v) is 7.55. The lowest BCUT2D eigenvalue weighted by Gasteiger charge is -2.10. The molecule has 0 unspecified atom stereocenters. The minimum absolute atomic E-state index is 0.0106. The summed E-state index contributed by atoms with van der Waals surface area (Å²) in [6.45, 7) is 0.237. The number of rotatable bonds is 4. The third-order valence-electron chi connectivity index (χ3n) is 2.62. The zero-order valence-corrected chi connectivity index (χ0v) is 11.9. The van der Waals surface area contributed by atoms with Crippen LogP contribution in [0.5, 0.6) is 0 Å². The molecule has 2 aromatic rings. The summed E-state index contributed by atoms with van der Waals surface area (Å²) in [4.78, 5) is 0.0702. The van der Waals surface area contributed by atoms with E-state index in [1.165, 1.54) is 18.2 Å². The Balaban J connectivity index is 2.35. The second kappa shape index (κ2) is 5.78. The summed E-state index contributed by atoms with van der Waals surface area (Å²) in [5.41, 5.74) is 6.29. The summed E-state index contributed by atoms with van der Waals surface area (Å²) >= 11 is 5.79. The second-order valence-electron chi connectivity index (χ2n) is 4.08. The Morgan fingerprint density at radius 3 is 2.60 bits per heavy atom. The van der Waals surface area contributed by atoms with E-state index in [2.05, 4.69) is 4.72 Å². The van der Waals surface area contributed by atoms with Gasteiger partial charge in [0.05, 0.1) is 15.6 Å². The molecule has 2 rings (SSSR count). The van der Waals surface area contributed by atoms with Gasteiger partial charge in [-0.3, -0.25) is 4.72 Å². The molecule has 3 N–H and O–H groups in total. The van der Waals surface area contributed by atoms with E-state index in [9.17, 15) is 12.8 Å². The van der Waals surface area contributed by atoms with Gasteiger partial charge in [0.1, 0.15) is 5.82 Å². The molecule has 0 aliphatic carbocycles. The number of hydrogen-bond acceptors (Lipinski definition) is 3. The first-order valence-electron chi connectivity index (χ1n) is 5.69. The fourth-order valence-electron chi connectivity index (χ4n) is 1.62. The van der Waals surface area contributed by atoms with Crippen LogP contribution in [0.4, 0.5) is 10.1 Å². The topological polar surface area (TPSA) is 72.2 Å². The quantitative estimate of drug-likeness (QED) is 0.911. The van der Waals surface area contributed by atoms with Gasteiger partial charge in [0, 0.05) is 6.54 Å². The Labute approximate surface area is 121 Å². The van der Waals surface area contributed by atoms with Crippen molar-refractivity contribution >= 4 is 27.3 Å². The monoisotopic (exact) mass is 314 g/mol. The molecule has 20 heavy (non-hydrogen) atoms. The molecular weight excluding hydrogens is 303 g/mol. The van der Waals surface area contributed by atoms with Crippen LogP contribution in [0.25, 0.3) is 0 Å². The van der Waals surface area contributed by atoms with Crippen LogP contribution < -0.4 is 10.5 Å². The summed E-state index contributed by atoms with van der Waals surface area (Å²) in [6.07, 6.45) is 0. The molecule has 0 aromatic heterocycles. The number of anilines is 1. The van der Waals surface area contributed by atoms with Crippen LogP contribution in [-0.4, -0.2) is 8.42 Å². The summed E-state index contributed by atoms with van der Waals surface area (Å²) < 4.78 is 39.6. The highest BCUT2D eigenvalue weighted by Gasteiger charge is 2.16. The van der Waals surface area contributed by atoms with Gasteiger partial charge >= 0.3 is 0 Å². The summed E-state index contributed by atoms with van der Waals surface area (Å²) in [7, 11) is -3.79. The van der Waals surface area contributed by atoms with E-state index in [1.807, 2.05) is 0 Å². The third kappa shape index (κ3) is 3.27. The van der Waals surface area contributed by atoms with Gasteiger partial charge in [0.15, 0.2) is 0 Å². The molecule has 0 radical (unpaired) electrons. The molecule has 0 bridgehead atoms. The lowest BCUT2D eigenvalue weighted by atomic mass is 10.2. The summed E-state index contributed by atoms with van der Waals surface area (Å²) in [5, 5.41) is -0.0106. The maximum atomic E-state index is 12.9. The fourth-order valence-corrected chi connectivity index (χ4v) is 3.04. The lowest BCUT2D eigenvalue weighted by molar-refractivity contribution is 0.601. The molecule has 7 heteroatoms. The second-order valence-corrected chi connectivity index (χ2v) is 6.17. The first kappa shape index (κ1) is 14.8. The zero-order chi connectivity index (χ0) is 14.8. The molecule has 106 valence electrons. The van der Waals surface area contributed by atoms with Gasteiger partial charge < -0.3 is 5.73 Å². The molecule has 0 saturated carbocycles. The maximum absolute atomic E-state index is 12.9. The largest absolute Gasteiger partial charge is 0.326 e. The zero-order valence-electron chi connectivity index (χ0n) is 10.3. The molecule has 4 nitrogen and oxygen atoms in total. The maximum Gasteiger partial charge on any atom is 0.261 e. The molecule has 0 aliphatic rings. The highest BCUT2D eigenvalue weighted by atomic mass is 35.5. The Morgan fingerprint density at radius 2 is 1.95 bits per heavy atom. The van der Waals surface area contributed by atoms with Gasteiger partial charge in [-0.15, -0.1) is 0 Å². The minimum atomic E-state index is -3.79. The molecule has 0 aliphatic heterocycles. The van der Waals surface area contributed by atoms with Crippen molar-refractivity contribution < 1.29 is 12.8 Å². The van der Waals surface area contributed by atoms with Gasteiger partial charge in [-0.05, 0) is 35.9 Å². The number of nitrogens with one attached hydrogen (secondary N) is 1. The van der Waals surface area contributed by atoms with Gasteiger partial charge in [-0.1, -0.05) is 23.7 Å². The number of benzene rings is 2. The van der Waals surface area contributed by atoms with E-state index in [0.29, 0.717) is 5.56 Å². The number of hydrogen-bond donors (Lipinski definition) is 2. The lowest BCUT2D eigenvalue weighted by Crippen LogP contribution is -2.14. The van der Waals surface area contributed by atoms with E-state index < -0.39 is 15.8 Å². The SMILES string of the molecule is NCc1cccc(S(=O)(=O)Nc2ccc(F)cc2Cl)c1. The smallest absolute Gasteiger partial charge is 0.261 e. The highest BCUT2D eigenvalue weighted by Crippen LogP contribution is 2.25. The van der Waals surface area contributed by atoms with Crippen molar-refractivity contribution in [1.29, 1.82) is 0 Å². The van der Waals surface area contributed by atoms with Gasteiger partial charge in [-0.25, -0.2) is 12.8 Å². The van der Waals surface area contributed by atoms with Gasteiger partial charge in [-0.2, -0.15) is 0 Å². The van der Waals surface area contributed by atoms with Crippen LogP contribution in [0.15, 0.2) is 47.4 Å². The van der Waals surface area contributed by atoms with Crippen LogP contribution in [0.2, 0.25) is 5.02 Å². The van der Waals surface area contributed by atoms with E-state index in [-0.39, 0.29) is 22.2 Å². The molecule has 0 spiro atoms. The van der Waals surface area contributed by atoms with Crippen molar-refractivity contribution in [2.45, 2.75) is 11.4 Å². The van der Waals surface area contributed by atoms with Crippen molar-refractivity contribution in [3.63, 3.8) is 0 Å². The van der Waals surface area contributed by atoms with Crippen molar-refractivity contribution in [2.75, 3.05) is 4.72 Å². The van der Waals surface area contributed by atoms with Crippen molar-refractivity contribution in [1.82, 2.24) is 0 Å². The molecule has 0 saturated heterocycles. The average molecular weight is 315 g/mol. The van der Waals surface area contributed by atoms with Crippen molar-refractivity contribution in [3.05, 3.63) is 58.9 Å². The molecule has 0 heterocycles. The summed E-state index contributed by atoms with van der Waals surface area (Å²) in [5.74, 6) is -0.539. The number of sulfonamides is 1. The van der Waals surface area contributed by atoms with Crippen LogP contribution in [0.3, 0.4) is 0 Å². The molecule has 0 amide bonds. The van der Waals surface area contributed by atoms with Crippen LogP contribution in [0.1, 0.15) is 5.56 Å². The average Bonchev–Trinajstić information content (AvgIpc) is 2.42. The third-order valence-corrected chi connectivity index (χ3v) is 4.30. The summed E-state index contributed by atoms with van der Waals surface area (Å²) in [6, 6.07) is 9.67. The van der Waals surface area contributed by atoms with Crippen molar-refractivity contribution in [2.24, 2.45) is 5.73 Å². The van der Waals surface area contributed by atoms with E-state index in [4.69, 9.17) is 17.3 Å². The highest BCUT2D eigenvalue weighted by molar-refractivity contribution is 7.92.